The molecule has 2 heterocycles. The van der Waals surface area contributed by atoms with Gasteiger partial charge in [-0.25, -0.2) is 0 Å². The van der Waals surface area contributed by atoms with Crippen LogP contribution in [0.25, 0.3) is 0 Å². The summed E-state index contributed by atoms with van der Waals surface area (Å²) in [6.45, 7) is 2.70. The van der Waals surface area contributed by atoms with Crippen molar-refractivity contribution in [2.24, 2.45) is 5.92 Å². The Morgan fingerprint density at radius 1 is 1.25 bits per heavy atom. The minimum atomic E-state index is -0.288. The second-order valence-corrected chi connectivity index (χ2v) is 8.95. The van der Waals surface area contributed by atoms with Crippen molar-refractivity contribution in [3.8, 4) is 0 Å². The molecule has 0 unspecified atom stereocenters. The van der Waals surface area contributed by atoms with E-state index in [2.05, 4.69) is 34.6 Å². The Hall–Kier alpha value is -2.28. The first kappa shape index (κ1) is 19.1. The quantitative estimate of drug-likeness (QED) is 0.806. The fourth-order valence-corrected chi connectivity index (χ4v) is 5.10. The van der Waals surface area contributed by atoms with Crippen molar-refractivity contribution in [3.63, 3.8) is 0 Å². The van der Waals surface area contributed by atoms with Gasteiger partial charge in [0.05, 0.1) is 5.92 Å². The Kier molecular flexibility index (Phi) is 5.71. The average molecular weight is 399 g/mol. The third-order valence-corrected chi connectivity index (χ3v) is 6.70. The van der Waals surface area contributed by atoms with Crippen molar-refractivity contribution in [3.05, 3.63) is 40.9 Å². The zero-order valence-corrected chi connectivity index (χ0v) is 17.0. The van der Waals surface area contributed by atoms with E-state index < -0.39 is 0 Å². The van der Waals surface area contributed by atoms with E-state index in [1.807, 2.05) is 23.1 Å². The highest BCUT2D eigenvalue weighted by atomic mass is 32.1. The molecule has 1 aromatic carbocycles. The summed E-state index contributed by atoms with van der Waals surface area (Å²) in [6.07, 6.45) is 5.59. The number of hydrogen-bond donors (Lipinski definition) is 1. The van der Waals surface area contributed by atoms with Gasteiger partial charge in [0.1, 0.15) is 5.01 Å². The second-order valence-electron chi connectivity index (χ2n) is 7.89. The van der Waals surface area contributed by atoms with Gasteiger partial charge in [0, 0.05) is 25.4 Å². The molecule has 148 valence electrons. The number of nitrogens with one attached hydrogen (secondary N) is 1. The van der Waals surface area contributed by atoms with Crippen molar-refractivity contribution in [1.29, 1.82) is 0 Å². The highest BCUT2D eigenvalue weighted by Gasteiger charge is 2.38. The summed E-state index contributed by atoms with van der Waals surface area (Å²) < 4.78 is 0. The van der Waals surface area contributed by atoms with E-state index in [1.165, 1.54) is 29.7 Å². The SMILES string of the molecule is C[C@@H](Cc1nnc(NC(=O)[C@@H]2CC(=O)N(C3CCCC3)C2)s1)c1ccccc1. The Labute approximate surface area is 169 Å². The van der Waals surface area contributed by atoms with Gasteiger partial charge in [-0.1, -0.05) is 61.4 Å². The van der Waals surface area contributed by atoms with Gasteiger partial charge in [-0.2, -0.15) is 0 Å². The third-order valence-electron chi connectivity index (χ3n) is 5.84. The minimum Gasteiger partial charge on any atom is -0.339 e. The van der Waals surface area contributed by atoms with E-state index >= 15 is 0 Å². The molecule has 2 amide bonds. The summed E-state index contributed by atoms with van der Waals surface area (Å²) in [7, 11) is 0. The van der Waals surface area contributed by atoms with Crippen molar-refractivity contribution in [1.82, 2.24) is 15.1 Å². The third kappa shape index (κ3) is 4.24. The fraction of sp³-hybridized carbons (Fsp3) is 0.524. The number of benzene rings is 1. The van der Waals surface area contributed by atoms with Crippen LogP contribution in [0, 0.1) is 5.92 Å². The molecule has 0 radical (unpaired) electrons. The van der Waals surface area contributed by atoms with Gasteiger partial charge >= 0.3 is 0 Å². The normalized spacial score (nSPS) is 21.2. The average Bonchev–Trinajstić information content (AvgIpc) is 3.44. The molecule has 0 spiro atoms. The molecule has 7 heteroatoms. The van der Waals surface area contributed by atoms with E-state index in [-0.39, 0.29) is 17.7 Å². The smallest absolute Gasteiger partial charge is 0.231 e. The van der Waals surface area contributed by atoms with Crippen LogP contribution in [0.4, 0.5) is 5.13 Å². The molecule has 1 aromatic heterocycles. The van der Waals surface area contributed by atoms with Crippen molar-refractivity contribution in [2.75, 3.05) is 11.9 Å². The molecule has 1 saturated heterocycles. The first-order chi connectivity index (χ1) is 13.6. The molecule has 28 heavy (non-hydrogen) atoms. The van der Waals surface area contributed by atoms with Crippen LogP contribution in [0.2, 0.25) is 0 Å². The molecule has 0 bridgehead atoms. The molecule has 1 N–H and O–H groups in total. The highest BCUT2D eigenvalue weighted by Crippen LogP contribution is 2.30. The number of carbonyl (C=O) groups is 2. The molecule has 4 rings (SSSR count). The molecule has 2 aromatic rings. The van der Waals surface area contributed by atoms with Gasteiger partial charge in [0.2, 0.25) is 16.9 Å². The molecular weight excluding hydrogens is 372 g/mol. The molecule has 2 aliphatic rings. The molecule has 2 fully saturated rings. The number of anilines is 1. The number of amides is 2. The number of carbonyl (C=O) groups excluding carboxylic acids is 2. The van der Waals surface area contributed by atoms with E-state index in [4.69, 9.17) is 0 Å². The maximum absolute atomic E-state index is 12.6. The van der Waals surface area contributed by atoms with Crippen LogP contribution in [0.5, 0.6) is 0 Å². The van der Waals surface area contributed by atoms with Crippen molar-refractivity contribution < 1.29 is 9.59 Å². The number of rotatable bonds is 6. The van der Waals surface area contributed by atoms with E-state index in [9.17, 15) is 9.59 Å². The van der Waals surface area contributed by atoms with Gasteiger partial charge < -0.3 is 10.2 Å². The molecular formula is C21H26N4O2S. The van der Waals surface area contributed by atoms with Gasteiger partial charge in [0.15, 0.2) is 0 Å². The lowest BCUT2D eigenvalue weighted by Gasteiger charge is -2.23. The molecule has 1 aliphatic heterocycles. The Balaban J connectivity index is 1.32. The molecule has 2 atom stereocenters. The Bertz CT molecular complexity index is 832. The number of nitrogens with zero attached hydrogens (tertiary/aromatic N) is 3. The van der Waals surface area contributed by atoms with Crippen LogP contribution in [-0.4, -0.2) is 39.5 Å². The zero-order chi connectivity index (χ0) is 19.5. The fourth-order valence-electron chi connectivity index (χ4n) is 4.23. The molecule has 1 aliphatic carbocycles. The zero-order valence-electron chi connectivity index (χ0n) is 16.1. The van der Waals surface area contributed by atoms with Crippen LogP contribution in [-0.2, 0) is 16.0 Å². The summed E-state index contributed by atoms with van der Waals surface area (Å²) in [5.41, 5.74) is 1.26. The first-order valence-corrected chi connectivity index (χ1v) is 10.9. The maximum Gasteiger partial charge on any atom is 0.231 e. The van der Waals surface area contributed by atoms with Gasteiger partial charge in [-0.3, -0.25) is 9.59 Å². The largest absolute Gasteiger partial charge is 0.339 e. The Morgan fingerprint density at radius 3 is 2.75 bits per heavy atom. The minimum absolute atomic E-state index is 0.113. The van der Waals surface area contributed by atoms with Crippen LogP contribution in [0.3, 0.4) is 0 Å². The van der Waals surface area contributed by atoms with E-state index in [0.29, 0.717) is 30.1 Å². The number of hydrogen-bond acceptors (Lipinski definition) is 5. The maximum atomic E-state index is 12.6. The standard InChI is InChI=1S/C21H26N4O2S/c1-14(15-7-3-2-4-8-15)11-18-23-24-21(28-18)22-20(27)16-12-19(26)25(13-16)17-9-5-6-10-17/h2-4,7-8,14,16-17H,5-6,9-13H2,1H3,(H,22,24,27)/t14-,16+/m0/s1. The lowest BCUT2D eigenvalue weighted by atomic mass is 9.98. The summed E-state index contributed by atoms with van der Waals surface area (Å²) in [4.78, 5) is 26.9. The van der Waals surface area contributed by atoms with Gasteiger partial charge in [0.25, 0.3) is 0 Å². The summed E-state index contributed by atoms with van der Waals surface area (Å²) >= 11 is 1.42. The van der Waals surface area contributed by atoms with Crippen molar-refractivity contribution >= 4 is 28.3 Å². The van der Waals surface area contributed by atoms with Crippen LogP contribution >= 0.6 is 11.3 Å². The Morgan fingerprint density at radius 2 is 2.00 bits per heavy atom. The lowest BCUT2D eigenvalue weighted by Crippen LogP contribution is -2.35. The topological polar surface area (TPSA) is 75.2 Å². The van der Waals surface area contributed by atoms with Gasteiger partial charge in [-0.05, 0) is 24.3 Å². The van der Waals surface area contributed by atoms with E-state index in [1.54, 1.807) is 0 Å². The lowest BCUT2D eigenvalue weighted by molar-refractivity contribution is -0.129. The molecule has 1 saturated carbocycles. The second kappa shape index (κ2) is 8.39. The monoisotopic (exact) mass is 398 g/mol. The summed E-state index contributed by atoms with van der Waals surface area (Å²) in [6, 6.07) is 10.6. The summed E-state index contributed by atoms with van der Waals surface area (Å²) in [5, 5.41) is 12.7. The number of aromatic nitrogens is 2. The van der Waals surface area contributed by atoms with Gasteiger partial charge in [-0.15, -0.1) is 10.2 Å². The highest BCUT2D eigenvalue weighted by molar-refractivity contribution is 7.15. The van der Waals surface area contributed by atoms with Crippen LogP contribution < -0.4 is 5.32 Å². The predicted octanol–water partition coefficient (Wildman–Crippen LogP) is 3.61. The molecule has 6 nitrogen and oxygen atoms in total. The predicted molar refractivity (Wildman–Crippen MR) is 109 cm³/mol. The van der Waals surface area contributed by atoms with Crippen LogP contribution in [0.15, 0.2) is 30.3 Å². The first-order valence-electron chi connectivity index (χ1n) is 10.1. The summed E-state index contributed by atoms with van der Waals surface area (Å²) in [5.74, 6) is 0.0446. The van der Waals surface area contributed by atoms with Crippen molar-refractivity contribution in [2.45, 2.75) is 57.4 Å². The number of likely N-dealkylation sites (tertiary alicyclic amines) is 1. The van der Waals surface area contributed by atoms with Crippen LogP contribution in [0.1, 0.15) is 55.5 Å². The van der Waals surface area contributed by atoms with E-state index in [0.717, 1.165) is 24.3 Å².